The Balaban J connectivity index is 1.47. The van der Waals surface area contributed by atoms with Gasteiger partial charge in [-0.1, -0.05) is 30.3 Å². The van der Waals surface area contributed by atoms with E-state index in [0.29, 0.717) is 18.4 Å². The summed E-state index contributed by atoms with van der Waals surface area (Å²) in [6.07, 6.45) is 2.60. The molecule has 0 aliphatic carbocycles. The molecule has 0 radical (unpaired) electrons. The highest BCUT2D eigenvalue weighted by Crippen LogP contribution is 2.35. The van der Waals surface area contributed by atoms with Gasteiger partial charge in [-0.05, 0) is 43.0 Å². The van der Waals surface area contributed by atoms with Crippen molar-refractivity contribution in [2.24, 2.45) is 0 Å². The topological polar surface area (TPSA) is 41.6 Å². The maximum absolute atomic E-state index is 14.5. The fraction of sp³-hybridized carbons (Fsp3) is 0.435. The Morgan fingerprint density at radius 2 is 2.00 bits per heavy atom. The van der Waals surface area contributed by atoms with Gasteiger partial charge in [-0.25, -0.2) is 4.39 Å². The van der Waals surface area contributed by atoms with Crippen molar-refractivity contribution in [3.05, 3.63) is 65.0 Å². The van der Waals surface area contributed by atoms with E-state index in [9.17, 15) is 9.18 Å². The molecule has 1 saturated heterocycles. The van der Waals surface area contributed by atoms with E-state index in [-0.39, 0.29) is 17.8 Å². The molecule has 2 aromatic carbocycles. The summed E-state index contributed by atoms with van der Waals surface area (Å²) in [6.45, 7) is 6.06. The number of nitrogens with one attached hydrogen (secondary N) is 1. The van der Waals surface area contributed by atoms with Gasteiger partial charge < -0.3 is 10.1 Å². The van der Waals surface area contributed by atoms with Crippen LogP contribution in [0.15, 0.2) is 42.5 Å². The summed E-state index contributed by atoms with van der Waals surface area (Å²) < 4.78 is 20.3. The number of likely N-dealkylation sites (tertiary alicyclic amines) is 1. The summed E-state index contributed by atoms with van der Waals surface area (Å²) >= 11 is 0. The minimum atomic E-state index is -0.630. The Kier molecular flexibility index (Phi) is 5.11. The molecule has 2 heterocycles. The molecule has 2 aliphatic rings. The Hall–Kier alpha value is -2.40. The summed E-state index contributed by atoms with van der Waals surface area (Å²) in [6, 6.07) is 13.2. The van der Waals surface area contributed by atoms with Crippen molar-refractivity contribution in [1.82, 2.24) is 10.2 Å². The Morgan fingerprint density at radius 3 is 2.71 bits per heavy atom. The molecular weight excluding hydrogens is 355 g/mol. The second-order valence-electron chi connectivity index (χ2n) is 8.09. The number of halogens is 1. The summed E-state index contributed by atoms with van der Waals surface area (Å²) in [4.78, 5) is 14.2. The zero-order chi connectivity index (χ0) is 19.7. The molecule has 0 spiro atoms. The lowest BCUT2D eigenvalue weighted by Gasteiger charge is -2.42. The van der Waals surface area contributed by atoms with E-state index in [1.807, 2.05) is 6.07 Å². The minimum Gasteiger partial charge on any atom is -0.490 e. The molecule has 4 nitrogen and oxygen atoms in total. The highest BCUT2D eigenvalue weighted by Gasteiger charge is 2.38. The van der Waals surface area contributed by atoms with Crippen LogP contribution in [-0.4, -0.2) is 30.0 Å². The molecule has 0 saturated carbocycles. The third-order valence-electron chi connectivity index (χ3n) is 5.88. The van der Waals surface area contributed by atoms with Gasteiger partial charge in [0.25, 0.3) is 0 Å². The molecule has 0 bridgehead atoms. The number of hydrogen-bond donors (Lipinski definition) is 1. The molecule has 5 heteroatoms. The lowest BCUT2D eigenvalue weighted by molar-refractivity contribution is -0.121. The summed E-state index contributed by atoms with van der Waals surface area (Å²) in [5.41, 5.74) is 2.51. The smallest absolute Gasteiger partial charge is 0.217 e. The van der Waals surface area contributed by atoms with E-state index in [1.54, 1.807) is 12.1 Å². The van der Waals surface area contributed by atoms with E-state index in [2.05, 4.69) is 35.3 Å². The molecule has 0 aromatic heterocycles. The third-order valence-corrected chi connectivity index (χ3v) is 5.88. The van der Waals surface area contributed by atoms with Crippen LogP contribution >= 0.6 is 0 Å². The molecule has 1 atom stereocenters. The Bertz CT molecular complexity index is 875. The first-order valence-electron chi connectivity index (χ1n) is 10.00. The fourth-order valence-corrected chi connectivity index (χ4v) is 4.57. The highest BCUT2D eigenvalue weighted by atomic mass is 19.1. The van der Waals surface area contributed by atoms with Crippen molar-refractivity contribution in [2.75, 3.05) is 13.1 Å². The van der Waals surface area contributed by atoms with E-state index in [0.717, 1.165) is 31.8 Å². The SMILES string of the molecule is CC(=O)NC1(c2ccccc2F)CCN(Cc2ccc3c(c2)C[C@@H](C)O3)CC1. The first kappa shape index (κ1) is 18.9. The van der Waals surface area contributed by atoms with Crippen molar-refractivity contribution < 1.29 is 13.9 Å². The number of piperidine rings is 1. The number of hydrogen-bond acceptors (Lipinski definition) is 3. The zero-order valence-electron chi connectivity index (χ0n) is 16.5. The number of rotatable bonds is 4. The molecule has 1 N–H and O–H groups in total. The number of ether oxygens (including phenoxy) is 1. The predicted molar refractivity (Wildman–Crippen MR) is 107 cm³/mol. The largest absolute Gasteiger partial charge is 0.490 e. The average molecular weight is 382 g/mol. The standard InChI is InChI=1S/C23H27FN2O2/c1-16-13-19-14-18(7-8-22(19)28-16)15-26-11-9-23(10-12-26,25-17(2)27)20-5-3-4-6-21(20)24/h3-8,14,16H,9-13,15H2,1-2H3,(H,25,27)/t16-/m1/s1. The van der Waals surface area contributed by atoms with Gasteiger partial charge in [-0.2, -0.15) is 0 Å². The van der Waals surface area contributed by atoms with Gasteiger partial charge in [-0.15, -0.1) is 0 Å². The van der Waals surface area contributed by atoms with Gasteiger partial charge in [0.15, 0.2) is 0 Å². The van der Waals surface area contributed by atoms with Crippen LogP contribution in [0.5, 0.6) is 5.75 Å². The van der Waals surface area contributed by atoms with Crippen LogP contribution in [0, 0.1) is 5.82 Å². The van der Waals surface area contributed by atoms with E-state index in [4.69, 9.17) is 4.74 Å². The third kappa shape index (κ3) is 3.76. The minimum absolute atomic E-state index is 0.121. The number of amides is 1. The number of carbonyl (C=O) groups is 1. The van der Waals surface area contributed by atoms with Crippen molar-refractivity contribution >= 4 is 5.91 Å². The first-order valence-corrected chi connectivity index (χ1v) is 10.00. The van der Waals surface area contributed by atoms with Gasteiger partial charge in [0.2, 0.25) is 5.91 Å². The van der Waals surface area contributed by atoms with Crippen LogP contribution in [0.1, 0.15) is 43.4 Å². The first-order chi connectivity index (χ1) is 13.4. The normalized spacial score (nSPS) is 21.0. The quantitative estimate of drug-likeness (QED) is 0.875. The van der Waals surface area contributed by atoms with Crippen LogP contribution in [-0.2, 0) is 23.3 Å². The lowest BCUT2D eigenvalue weighted by atomic mass is 9.80. The zero-order valence-corrected chi connectivity index (χ0v) is 16.5. The van der Waals surface area contributed by atoms with Crippen molar-refractivity contribution in [3.8, 4) is 5.75 Å². The second-order valence-corrected chi connectivity index (χ2v) is 8.09. The fourth-order valence-electron chi connectivity index (χ4n) is 4.57. The van der Waals surface area contributed by atoms with Crippen LogP contribution < -0.4 is 10.1 Å². The van der Waals surface area contributed by atoms with Gasteiger partial charge in [0.05, 0.1) is 5.54 Å². The van der Waals surface area contributed by atoms with Crippen LogP contribution in [0.3, 0.4) is 0 Å². The van der Waals surface area contributed by atoms with Crippen molar-refractivity contribution in [2.45, 2.75) is 51.3 Å². The molecule has 28 heavy (non-hydrogen) atoms. The second kappa shape index (κ2) is 7.55. The maximum Gasteiger partial charge on any atom is 0.217 e. The molecule has 2 aromatic rings. The molecule has 2 aliphatic heterocycles. The number of nitrogens with zero attached hydrogens (tertiary/aromatic N) is 1. The average Bonchev–Trinajstić information content (AvgIpc) is 3.03. The molecule has 1 amide bonds. The van der Waals surface area contributed by atoms with Gasteiger partial charge in [0.1, 0.15) is 17.7 Å². The number of benzene rings is 2. The van der Waals surface area contributed by atoms with E-state index >= 15 is 0 Å². The predicted octanol–water partition coefficient (Wildman–Crippen LogP) is 3.78. The van der Waals surface area contributed by atoms with Gasteiger partial charge >= 0.3 is 0 Å². The lowest BCUT2D eigenvalue weighted by Crippen LogP contribution is -2.52. The van der Waals surface area contributed by atoms with E-state index < -0.39 is 5.54 Å². The number of carbonyl (C=O) groups excluding carboxylic acids is 1. The Labute approximate surface area is 165 Å². The van der Waals surface area contributed by atoms with Gasteiger partial charge in [0, 0.05) is 38.5 Å². The summed E-state index contributed by atoms with van der Waals surface area (Å²) in [5, 5.41) is 3.05. The van der Waals surface area contributed by atoms with E-state index in [1.165, 1.54) is 24.1 Å². The molecular formula is C23H27FN2O2. The van der Waals surface area contributed by atoms with Crippen molar-refractivity contribution in [3.63, 3.8) is 0 Å². The Morgan fingerprint density at radius 1 is 1.25 bits per heavy atom. The van der Waals surface area contributed by atoms with Crippen LogP contribution in [0.4, 0.5) is 4.39 Å². The summed E-state index contributed by atoms with van der Waals surface area (Å²) in [7, 11) is 0. The molecule has 1 fully saturated rings. The van der Waals surface area contributed by atoms with Crippen molar-refractivity contribution in [1.29, 1.82) is 0 Å². The van der Waals surface area contributed by atoms with Crippen LogP contribution in [0.2, 0.25) is 0 Å². The number of fused-ring (bicyclic) bond motifs is 1. The van der Waals surface area contributed by atoms with Gasteiger partial charge in [-0.3, -0.25) is 9.69 Å². The monoisotopic (exact) mass is 382 g/mol. The molecule has 0 unspecified atom stereocenters. The van der Waals surface area contributed by atoms with Crippen LogP contribution in [0.25, 0.3) is 0 Å². The molecule has 4 rings (SSSR count). The molecule has 148 valence electrons. The maximum atomic E-state index is 14.5. The highest BCUT2D eigenvalue weighted by molar-refractivity contribution is 5.74. The summed E-state index contributed by atoms with van der Waals surface area (Å²) in [5.74, 6) is 0.626.